The monoisotopic (exact) mass is 903 g/mol. The molecule has 0 aromatic heterocycles. The Balaban J connectivity index is 2.13. The zero-order valence-electron chi connectivity index (χ0n) is 45.7. The Labute approximate surface area is 405 Å². The van der Waals surface area contributed by atoms with Crippen LogP contribution in [0.25, 0.3) is 0 Å². The lowest BCUT2D eigenvalue weighted by Crippen LogP contribution is -2.28. The fourth-order valence-corrected chi connectivity index (χ4v) is 10.4. The average molecular weight is 904 g/mol. The van der Waals surface area contributed by atoms with Crippen LogP contribution in [-0.2, 0) is 28.4 Å². The number of aryl methyl sites for hydroxylation is 2. The Morgan fingerprint density at radius 3 is 0.846 bits per heavy atom. The van der Waals surface area contributed by atoms with E-state index in [1.54, 1.807) is 0 Å². The van der Waals surface area contributed by atoms with Crippen LogP contribution in [0, 0.1) is 27.7 Å². The number of phenols is 2. The highest BCUT2D eigenvalue weighted by Crippen LogP contribution is 2.39. The van der Waals surface area contributed by atoms with Crippen molar-refractivity contribution in [1.29, 1.82) is 0 Å². The third kappa shape index (κ3) is 24.2. The summed E-state index contributed by atoms with van der Waals surface area (Å²) in [6, 6.07) is 4.48. The van der Waals surface area contributed by atoms with E-state index in [0.29, 0.717) is 11.5 Å². The van der Waals surface area contributed by atoms with E-state index in [9.17, 15) is 10.2 Å². The van der Waals surface area contributed by atoms with E-state index >= 15 is 0 Å². The summed E-state index contributed by atoms with van der Waals surface area (Å²) in [7, 11) is 0. The minimum atomic E-state index is -0.121. The van der Waals surface area contributed by atoms with Crippen LogP contribution >= 0.6 is 0 Å². The molecule has 2 N–H and O–H groups in total. The molecule has 3 heteroatoms. The van der Waals surface area contributed by atoms with Crippen LogP contribution in [0.2, 0.25) is 0 Å². The van der Waals surface area contributed by atoms with Crippen LogP contribution in [0.5, 0.6) is 11.5 Å². The molecule has 0 bridgehead atoms. The molecule has 2 atom stereocenters. The Morgan fingerprint density at radius 1 is 0.385 bits per heavy atom. The molecule has 0 aliphatic rings. The molecular formula is C62H110O3. The fourth-order valence-electron chi connectivity index (χ4n) is 10.4. The minimum absolute atomic E-state index is 0.0821. The number of hydrogen-bond donors (Lipinski definition) is 2. The number of phenolic OH excluding ortho intramolecular Hbond substituents is 2. The maximum Gasteiger partial charge on any atom is 0.122 e. The highest BCUT2D eigenvalue weighted by molar-refractivity contribution is 5.52. The summed E-state index contributed by atoms with van der Waals surface area (Å²) < 4.78 is 7.43. The normalized spacial score (nSPS) is 13.2. The van der Waals surface area contributed by atoms with Crippen molar-refractivity contribution in [2.45, 2.75) is 324 Å². The maximum atomic E-state index is 11.5. The minimum Gasteiger partial charge on any atom is -0.507 e. The van der Waals surface area contributed by atoms with Crippen molar-refractivity contribution in [1.82, 2.24) is 0 Å². The molecule has 2 unspecified atom stereocenters. The summed E-state index contributed by atoms with van der Waals surface area (Å²) in [5, 5.41) is 23.1. The van der Waals surface area contributed by atoms with Gasteiger partial charge in [0.2, 0.25) is 0 Å². The summed E-state index contributed by atoms with van der Waals surface area (Å²) >= 11 is 0. The second-order valence-corrected chi connectivity index (χ2v) is 23.2. The Bertz CT molecular complexity index is 1410. The van der Waals surface area contributed by atoms with Gasteiger partial charge in [-0.25, -0.2) is 0 Å². The number of ether oxygens (including phenoxy) is 1. The number of unbranched alkanes of at least 4 members (excludes halogenated alkanes) is 28. The molecule has 376 valence electrons. The van der Waals surface area contributed by atoms with Crippen molar-refractivity contribution in [3.63, 3.8) is 0 Å². The van der Waals surface area contributed by atoms with Gasteiger partial charge in [0, 0.05) is 0 Å². The van der Waals surface area contributed by atoms with E-state index < -0.39 is 0 Å². The lowest BCUT2D eigenvalue weighted by molar-refractivity contribution is -0.0220. The lowest BCUT2D eigenvalue weighted by Gasteiger charge is -2.30. The Morgan fingerprint density at radius 2 is 0.615 bits per heavy atom. The summed E-state index contributed by atoms with van der Waals surface area (Å²) in [6.45, 7) is 26.5. The second-order valence-electron chi connectivity index (χ2n) is 23.2. The van der Waals surface area contributed by atoms with Crippen LogP contribution in [0.3, 0.4) is 0 Å². The largest absolute Gasteiger partial charge is 0.507 e. The van der Waals surface area contributed by atoms with E-state index in [4.69, 9.17) is 4.74 Å². The van der Waals surface area contributed by atoms with Crippen LogP contribution in [0.4, 0.5) is 0 Å². The molecule has 0 spiro atoms. The van der Waals surface area contributed by atoms with Crippen molar-refractivity contribution in [2.24, 2.45) is 0 Å². The Hall–Kier alpha value is -2.00. The first-order valence-corrected chi connectivity index (χ1v) is 28.3. The van der Waals surface area contributed by atoms with E-state index in [1.807, 2.05) is 0 Å². The lowest BCUT2D eigenvalue weighted by atomic mass is 9.81. The number of hydrogen-bond acceptors (Lipinski definition) is 3. The molecule has 3 nitrogen and oxygen atoms in total. The fraction of sp³-hybridized carbons (Fsp3) is 0.806. The molecule has 0 fully saturated rings. The summed E-state index contributed by atoms with van der Waals surface area (Å²) in [4.78, 5) is 0. The molecule has 2 aromatic rings. The number of rotatable bonds is 38. The van der Waals surface area contributed by atoms with Crippen LogP contribution in [0.15, 0.2) is 12.1 Å². The predicted molar refractivity (Wildman–Crippen MR) is 288 cm³/mol. The van der Waals surface area contributed by atoms with Gasteiger partial charge in [-0.3, -0.25) is 0 Å². The molecule has 65 heavy (non-hydrogen) atoms. The molecule has 0 heterocycles. The van der Waals surface area contributed by atoms with Crippen molar-refractivity contribution in [2.75, 3.05) is 0 Å². The van der Waals surface area contributed by atoms with Gasteiger partial charge in [-0.05, 0) is 109 Å². The van der Waals surface area contributed by atoms with Crippen molar-refractivity contribution in [3.8, 4) is 11.5 Å². The van der Waals surface area contributed by atoms with Gasteiger partial charge in [-0.1, -0.05) is 260 Å². The van der Waals surface area contributed by atoms with Gasteiger partial charge >= 0.3 is 0 Å². The number of aromatic hydroxyl groups is 2. The zero-order valence-corrected chi connectivity index (χ0v) is 45.7. The van der Waals surface area contributed by atoms with Gasteiger partial charge in [0.05, 0.1) is 12.2 Å². The van der Waals surface area contributed by atoms with Crippen LogP contribution in [0.1, 0.15) is 305 Å². The van der Waals surface area contributed by atoms with Crippen molar-refractivity contribution >= 4 is 0 Å². The van der Waals surface area contributed by atoms with Gasteiger partial charge < -0.3 is 14.9 Å². The van der Waals surface area contributed by atoms with Crippen molar-refractivity contribution < 1.29 is 14.9 Å². The highest BCUT2D eigenvalue weighted by atomic mass is 16.5. The summed E-state index contributed by atoms with van der Waals surface area (Å²) in [6.07, 6.45) is 45.0. The molecule has 0 amide bonds. The van der Waals surface area contributed by atoms with Gasteiger partial charge in [0.25, 0.3) is 0 Å². The molecule has 0 saturated carbocycles. The smallest absolute Gasteiger partial charge is 0.122 e. The molecule has 0 radical (unpaired) electrons. The highest BCUT2D eigenvalue weighted by Gasteiger charge is 2.27. The molecule has 0 aliphatic carbocycles. The van der Waals surface area contributed by atoms with E-state index in [-0.39, 0.29) is 23.0 Å². The molecule has 0 saturated heterocycles. The van der Waals surface area contributed by atoms with Crippen molar-refractivity contribution in [3.05, 3.63) is 56.6 Å². The number of benzene rings is 2. The van der Waals surface area contributed by atoms with Gasteiger partial charge in [-0.15, -0.1) is 0 Å². The summed E-state index contributed by atoms with van der Waals surface area (Å²) in [5.41, 5.74) is 8.92. The van der Waals surface area contributed by atoms with E-state index in [1.165, 1.54) is 215 Å². The zero-order chi connectivity index (χ0) is 48.1. The van der Waals surface area contributed by atoms with Gasteiger partial charge in [0.1, 0.15) is 11.5 Å². The van der Waals surface area contributed by atoms with Gasteiger partial charge in [0.15, 0.2) is 0 Å². The summed E-state index contributed by atoms with van der Waals surface area (Å²) in [5.74, 6) is 0.915. The van der Waals surface area contributed by atoms with Gasteiger partial charge in [-0.2, -0.15) is 0 Å². The molecule has 0 aliphatic heterocycles. The van der Waals surface area contributed by atoms with Crippen LogP contribution in [-0.4, -0.2) is 22.4 Å². The second kappa shape index (κ2) is 33.5. The third-order valence-corrected chi connectivity index (χ3v) is 14.9. The maximum absolute atomic E-state index is 11.5. The van der Waals surface area contributed by atoms with E-state index in [0.717, 1.165) is 47.9 Å². The standard InChI is InChI=1S/C62H110O3/c1-13-15-17-19-21-23-25-27-29-31-33-35-37-39-41-43-53(47-55-49(3)45-57(61(7,8)9)59(63)51(55)5)65-54(48-56-50(4)46-58(62(10,11)12)60(64)52(56)6)44-42-40-38-36-34-32-30-28-26-24-22-20-18-16-14-2/h45-46,53-54,63-64H,13-44,47-48H2,1-12H3. The quantitative estimate of drug-likeness (QED) is 0.0660. The first-order chi connectivity index (χ1) is 31.0. The molecular weight excluding hydrogens is 793 g/mol. The SMILES string of the molecule is CCCCCCCCCCCCCCCCCC(Cc1c(C)cc(C(C)(C)C)c(O)c1C)OC(CCCCCCCCCCCCCCCCC)Cc1c(C)cc(C(C)(C)C)c(O)c1C. The topological polar surface area (TPSA) is 49.7 Å². The average Bonchev–Trinajstić information content (AvgIpc) is 3.25. The van der Waals surface area contributed by atoms with Crippen LogP contribution < -0.4 is 0 Å². The first-order valence-electron chi connectivity index (χ1n) is 28.3. The first kappa shape index (κ1) is 59.1. The Kier molecular flexibility index (Phi) is 30.5. The molecule has 2 aromatic carbocycles. The predicted octanol–water partition coefficient (Wildman–Crippen LogP) is 20.0. The van der Waals surface area contributed by atoms with E-state index in [2.05, 4.69) is 95.2 Å². The molecule has 2 rings (SSSR count). The third-order valence-electron chi connectivity index (χ3n) is 14.9.